The van der Waals surface area contributed by atoms with E-state index in [1.165, 1.54) is 77.3 Å². The predicted octanol–water partition coefficient (Wildman–Crippen LogP) is 4.95. The first-order valence-corrected chi connectivity index (χ1v) is 8.42. The maximum atomic E-state index is 9.00. The van der Waals surface area contributed by atoms with E-state index in [0.717, 1.165) is 6.92 Å². The van der Waals surface area contributed by atoms with Crippen molar-refractivity contribution in [2.24, 2.45) is 0 Å². The third-order valence-electron chi connectivity index (χ3n) is 3.25. The quantitative estimate of drug-likeness (QED) is 0.516. The highest BCUT2D eigenvalue weighted by atomic mass is 16.4. The number of carboxylic acid groups (broad SMARTS) is 1. The lowest BCUT2D eigenvalue weighted by Gasteiger charge is -2.14. The number of carboxylic acids is 1. The van der Waals surface area contributed by atoms with E-state index >= 15 is 0 Å². The van der Waals surface area contributed by atoms with Crippen LogP contribution in [0.3, 0.4) is 0 Å². The Labute approximate surface area is 126 Å². The fourth-order valence-electron chi connectivity index (χ4n) is 2.19. The number of hydrogen-bond donors (Lipinski definition) is 1. The van der Waals surface area contributed by atoms with Crippen molar-refractivity contribution in [1.82, 2.24) is 4.90 Å². The summed E-state index contributed by atoms with van der Waals surface area (Å²) in [5.74, 6) is -0.833. The van der Waals surface area contributed by atoms with Gasteiger partial charge in [-0.1, -0.05) is 65.2 Å². The molecular weight excluding hydrogens is 250 g/mol. The summed E-state index contributed by atoms with van der Waals surface area (Å²) in [5.41, 5.74) is 0. The van der Waals surface area contributed by atoms with Gasteiger partial charge in [-0.3, -0.25) is 4.79 Å². The Morgan fingerprint density at radius 2 is 1.20 bits per heavy atom. The average Bonchev–Trinajstić information content (AvgIpc) is 2.36. The number of rotatable bonds is 12. The van der Waals surface area contributed by atoms with Crippen molar-refractivity contribution in [3.63, 3.8) is 0 Å². The van der Waals surface area contributed by atoms with Gasteiger partial charge in [0.15, 0.2) is 0 Å². The lowest BCUT2D eigenvalue weighted by atomic mass is 10.1. The fraction of sp³-hybridized carbons (Fsp3) is 0.941. The molecule has 3 nitrogen and oxygen atoms in total. The second-order valence-electron chi connectivity index (χ2n) is 5.65. The minimum atomic E-state index is -0.833. The van der Waals surface area contributed by atoms with Crippen LogP contribution in [0.2, 0.25) is 0 Å². The van der Waals surface area contributed by atoms with Gasteiger partial charge in [-0.05, 0) is 33.0 Å². The SMILES string of the molecule is CC(=O)O.CCCCCCCCCCCN(C)CCC. The van der Waals surface area contributed by atoms with E-state index in [9.17, 15) is 0 Å². The molecule has 0 rings (SSSR count). The van der Waals surface area contributed by atoms with Crippen LogP contribution in [0.25, 0.3) is 0 Å². The third kappa shape index (κ3) is 26.1. The Bertz CT molecular complexity index is 191. The van der Waals surface area contributed by atoms with E-state index < -0.39 is 5.97 Å². The van der Waals surface area contributed by atoms with Gasteiger partial charge in [-0.2, -0.15) is 0 Å². The van der Waals surface area contributed by atoms with Crippen molar-refractivity contribution in [2.45, 2.75) is 85.0 Å². The zero-order chi connectivity index (χ0) is 15.6. The van der Waals surface area contributed by atoms with E-state index in [4.69, 9.17) is 9.90 Å². The molecule has 0 saturated carbocycles. The van der Waals surface area contributed by atoms with Crippen LogP contribution in [0.15, 0.2) is 0 Å². The van der Waals surface area contributed by atoms with Crippen LogP contribution in [0.4, 0.5) is 0 Å². The van der Waals surface area contributed by atoms with E-state index in [-0.39, 0.29) is 0 Å². The van der Waals surface area contributed by atoms with Crippen LogP contribution < -0.4 is 0 Å². The topological polar surface area (TPSA) is 40.5 Å². The van der Waals surface area contributed by atoms with Crippen molar-refractivity contribution >= 4 is 5.97 Å². The number of nitrogens with zero attached hydrogens (tertiary/aromatic N) is 1. The maximum Gasteiger partial charge on any atom is 0.300 e. The molecule has 0 radical (unpaired) electrons. The normalized spacial score (nSPS) is 10.2. The molecule has 3 heteroatoms. The van der Waals surface area contributed by atoms with Gasteiger partial charge in [0.05, 0.1) is 0 Å². The average molecular weight is 287 g/mol. The fourth-order valence-corrected chi connectivity index (χ4v) is 2.19. The molecule has 1 N–H and O–H groups in total. The van der Waals surface area contributed by atoms with Crippen LogP contribution in [-0.2, 0) is 4.79 Å². The first-order chi connectivity index (χ1) is 9.54. The first kappa shape index (κ1) is 21.7. The first-order valence-electron chi connectivity index (χ1n) is 8.42. The summed E-state index contributed by atoms with van der Waals surface area (Å²) in [6.45, 7) is 8.18. The molecular formula is C17H37NO2. The van der Waals surface area contributed by atoms with Crippen molar-refractivity contribution in [3.8, 4) is 0 Å². The van der Waals surface area contributed by atoms with Crippen LogP contribution in [-0.4, -0.2) is 36.1 Å². The van der Waals surface area contributed by atoms with Crippen molar-refractivity contribution < 1.29 is 9.90 Å². The van der Waals surface area contributed by atoms with Gasteiger partial charge in [-0.25, -0.2) is 0 Å². The Morgan fingerprint density at radius 1 is 0.800 bits per heavy atom. The van der Waals surface area contributed by atoms with E-state index in [0.29, 0.717) is 0 Å². The van der Waals surface area contributed by atoms with Gasteiger partial charge in [-0.15, -0.1) is 0 Å². The number of aliphatic carboxylic acids is 1. The summed E-state index contributed by atoms with van der Waals surface area (Å²) in [6, 6.07) is 0. The molecule has 0 spiro atoms. The van der Waals surface area contributed by atoms with Gasteiger partial charge in [0, 0.05) is 6.92 Å². The van der Waals surface area contributed by atoms with Crippen LogP contribution in [0.5, 0.6) is 0 Å². The molecule has 0 atom stereocenters. The Hall–Kier alpha value is -0.570. The van der Waals surface area contributed by atoms with Gasteiger partial charge in [0.1, 0.15) is 0 Å². The van der Waals surface area contributed by atoms with Gasteiger partial charge in [0.25, 0.3) is 5.97 Å². The van der Waals surface area contributed by atoms with Crippen LogP contribution >= 0.6 is 0 Å². The van der Waals surface area contributed by atoms with Crippen molar-refractivity contribution in [3.05, 3.63) is 0 Å². The summed E-state index contributed by atoms with van der Waals surface area (Å²) >= 11 is 0. The molecule has 0 aliphatic carbocycles. The van der Waals surface area contributed by atoms with Crippen molar-refractivity contribution in [1.29, 1.82) is 0 Å². The largest absolute Gasteiger partial charge is 0.481 e. The second-order valence-corrected chi connectivity index (χ2v) is 5.65. The van der Waals surface area contributed by atoms with Gasteiger partial charge < -0.3 is 10.0 Å². The third-order valence-corrected chi connectivity index (χ3v) is 3.25. The zero-order valence-electron chi connectivity index (χ0n) is 14.3. The molecule has 0 aromatic rings. The lowest BCUT2D eigenvalue weighted by molar-refractivity contribution is -0.134. The monoisotopic (exact) mass is 287 g/mol. The molecule has 0 aliphatic rings. The Balaban J connectivity index is 0. The summed E-state index contributed by atoms with van der Waals surface area (Å²) in [7, 11) is 2.24. The van der Waals surface area contributed by atoms with Gasteiger partial charge in [0.2, 0.25) is 0 Å². The molecule has 0 fully saturated rings. The molecule has 122 valence electrons. The van der Waals surface area contributed by atoms with E-state index in [2.05, 4.69) is 25.8 Å². The number of unbranched alkanes of at least 4 members (excludes halogenated alkanes) is 8. The van der Waals surface area contributed by atoms with Crippen LogP contribution in [0.1, 0.15) is 85.0 Å². The molecule has 20 heavy (non-hydrogen) atoms. The van der Waals surface area contributed by atoms with E-state index in [1.807, 2.05) is 0 Å². The molecule has 0 aromatic carbocycles. The molecule has 0 saturated heterocycles. The van der Waals surface area contributed by atoms with Crippen LogP contribution in [0, 0.1) is 0 Å². The molecule has 0 aromatic heterocycles. The molecule has 0 amide bonds. The summed E-state index contributed by atoms with van der Waals surface area (Å²) in [4.78, 5) is 11.5. The zero-order valence-corrected chi connectivity index (χ0v) is 14.3. The molecule has 0 heterocycles. The standard InChI is InChI=1S/C15H33N.C2H4O2/c1-4-6-7-8-9-10-11-12-13-15-16(3)14-5-2;1-2(3)4/h4-15H2,1-3H3;1H3,(H,3,4). The number of carbonyl (C=O) groups is 1. The second kappa shape index (κ2) is 18.4. The van der Waals surface area contributed by atoms with Crippen molar-refractivity contribution in [2.75, 3.05) is 20.1 Å². The highest BCUT2D eigenvalue weighted by molar-refractivity contribution is 5.62. The minimum Gasteiger partial charge on any atom is -0.481 e. The molecule has 0 bridgehead atoms. The van der Waals surface area contributed by atoms with Gasteiger partial charge >= 0.3 is 0 Å². The molecule has 0 unspecified atom stereocenters. The highest BCUT2D eigenvalue weighted by Crippen LogP contribution is 2.09. The molecule has 0 aliphatic heterocycles. The summed E-state index contributed by atoms with van der Waals surface area (Å²) in [6.07, 6.45) is 14.2. The maximum absolute atomic E-state index is 9.00. The smallest absolute Gasteiger partial charge is 0.300 e. The summed E-state index contributed by atoms with van der Waals surface area (Å²) in [5, 5.41) is 7.42. The van der Waals surface area contributed by atoms with E-state index in [1.54, 1.807) is 0 Å². The highest BCUT2D eigenvalue weighted by Gasteiger charge is 1.96. The Kier molecular flexibility index (Phi) is 20.0. The lowest BCUT2D eigenvalue weighted by Crippen LogP contribution is -2.20. The number of hydrogen-bond acceptors (Lipinski definition) is 2. The minimum absolute atomic E-state index is 0.833. The predicted molar refractivity (Wildman–Crippen MR) is 88.3 cm³/mol. The summed E-state index contributed by atoms with van der Waals surface area (Å²) < 4.78 is 0. The Morgan fingerprint density at radius 3 is 1.60 bits per heavy atom.